The summed E-state index contributed by atoms with van der Waals surface area (Å²) >= 11 is 0. The number of benzene rings is 1. The summed E-state index contributed by atoms with van der Waals surface area (Å²) in [5, 5.41) is 3.13. The van der Waals surface area contributed by atoms with Gasteiger partial charge in [0.2, 0.25) is 5.91 Å². The molecule has 0 spiro atoms. The van der Waals surface area contributed by atoms with Crippen LogP contribution in [0.2, 0.25) is 0 Å². The molecule has 1 heterocycles. The number of piperidine rings is 1. The molecule has 1 N–H and O–H groups in total. The van der Waals surface area contributed by atoms with Crippen LogP contribution in [-0.2, 0) is 4.79 Å². The van der Waals surface area contributed by atoms with E-state index in [1.54, 1.807) is 19.1 Å². The first kappa shape index (κ1) is 15.5. The molecule has 1 aliphatic rings. The Balaban J connectivity index is 1.97. The van der Waals surface area contributed by atoms with Gasteiger partial charge in [-0.3, -0.25) is 9.59 Å². The normalized spacial score (nSPS) is 22.0. The maximum Gasteiger partial charge on any atom is 0.242 e. The Bertz CT molecular complexity index is 517. The summed E-state index contributed by atoms with van der Waals surface area (Å²) in [6.45, 7) is 6.05. The maximum atomic E-state index is 12.4. The quantitative estimate of drug-likeness (QED) is 0.866. The number of anilines is 1. The van der Waals surface area contributed by atoms with Crippen molar-refractivity contribution >= 4 is 17.4 Å². The molecule has 1 aromatic rings. The summed E-state index contributed by atoms with van der Waals surface area (Å²) < 4.78 is 0. The first-order valence-electron chi connectivity index (χ1n) is 7.65. The number of carbonyl (C=O) groups excluding carboxylic acids is 2. The van der Waals surface area contributed by atoms with Gasteiger partial charge in [0.25, 0.3) is 0 Å². The van der Waals surface area contributed by atoms with E-state index in [1.165, 1.54) is 6.42 Å². The average Bonchev–Trinajstić information content (AvgIpc) is 2.45. The Kier molecular flexibility index (Phi) is 4.99. The molecule has 4 nitrogen and oxygen atoms in total. The molecule has 0 aliphatic carbocycles. The number of nitrogens with zero attached hydrogens (tertiary/aromatic N) is 1. The largest absolute Gasteiger partial charge is 0.376 e. The van der Waals surface area contributed by atoms with Crippen LogP contribution < -0.4 is 5.32 Å². The second-order valence-electron chi connectivity index (χ2n) is 5.92. The molecule has 1 aliphatic heterocycles. The highest BCUT2D eigenvalue weighted by molar-refractivity contribution is 5.95. The molecule has 0 unspecified atom stereocenters. The first-order valence-corrected chi connectivity index (χ1v) is 7.65. The number of ketones is 1. The molecule has 1 amide bonds. The molecule has 0 saturated carbocycles. The van der Waals surface area contributed by atoms with E-state index in [4.69, 9.17) is 0 Å². The number of nitrogens with one attached hydrogen (secondary N) is 1. The third kappa shape index (κ3) is 3.84. The summed E-state index contributed by atoms with van der Waals surface area (Å²) in [5.74, 6) is 0.158. The molecule has 1 aromatic carbocycles. The standard InChI is InChI=1S/C17H24N2O2/c1-12-6-4-7-13(2)19(12)17(21)11-18-16-9-5-8-15(10-16)14(3)20/h5,8-10,12-13,18H,4,6-7,11H2,1-3H3/t12-,13-/m1/s1. The molecule has 21 heavy (non-hydrogen) atoms. The fraction of sp³-hybridized carbons (Fsp3) is 0.529. The number of amides is 1. The molecule has 114 valence electrons. The van der Waals surface area contributed by atoms with Gasteiger partial charge in [0.15, 0.2) is 5.78 Å². The average molecular weight is 288 g/mol. The van der Waals surface area contributed by atoms with E-state index in [1.807, 2.05) is 17.0 Å². The molecule has 0 bridgehead atoms. The number of carbonyl (C=O) groups is 2. The minimum atomic E-state index is 0.0308. The first-order chi connectivity index (χ1) is 9.99. The van der Waals surface area contributed by atoms with Gasteiger partial charge in [-0.05, 0) is 52.2 Å². The third-order valence-electron chi connectivity index (χ3n) is 4.19. The van der Waals surface area contributed by atoms with Crippen molar-refractivity contribution in [2.75, 3.05) is 11.9 Å². The zero-order valence-corrected chi connectivity index (χ0v) is 13.1. The van der Waals surface area contributed by atoms with E-state index in [9.17, 15) is 9.59 Å². The van der Waals surface area contributed by atoms with Crippen LogP contribution in [0, 0.1) is 0 Å². The Hall–Kier alpha value is -1.84. The van der Waals surface area contributed by atoms with Gasteiger partial charge in [-0.2, -0.15) is 0 Å². The van der Waals surface area contributed by atoms with Gasteiger partial charge in [0, 0.05) is 23.3 Å². The highest BCUT2D eigenvalue weighted by Crippen LogP contribution is 2.22. The highest BCUT2D eigenvalue weighted by atomic mass is 16.2. The predicted octanol–water partition coefficient (Wildman–Crippen LogP) is 3.09. The van der Waals surface area contributed by atoms with Crippen LogP contribution in [0.15, 0.2) is 24.3 Å². The Morgan fingerprint density at radius 1 is 1.24 bits per heavy atom. The van der Waals surface area contributed by atoms with Crippen LogP contribution in [0.1, 0.15) is 50.4 Å². The van der Waals surface area contributed by atoms with Gasteiger partial charge in [0.05, 0.1) is 6.54 Å². The lowest BCUT2D eigenvalue weighted by Crippen LogP contribution is -2.49. The second-order valence-corrected chi connectivity index (χ2v) is 5.92. The van der Waals surface area contributed by atoms with E-state index in [0.717, 1.165) is 18.5 Å². The monoisotopic (exact) mass is 288 g/mol. The van der Waals surface area contributed by atoms with Crippen LogP contribution in [0.3, 0.4) is 0 Å². The van der Waals surface area contributed by atoms with Gasteiger partial charge < -0.3 is 10.2 Å². The highest BCUT2D eigenvalue weighted by Gasteiger charge is 2.28. The maximum absolute atomic E-state index is 12.4. The van der Waals surface area contributed by atoms with Gasteiger partial charge in [-0.1, -0.05) is 12.1 Å². The zero-order valence-electron chi connectivity index (χ0n) is 13.1. The lowest BCUT2D eigenvalue weighted by Gasteiger charge is -2.39. The molecular weight excluding hydrogens is 264 g/mol. The van der Waals surface area contributed by atoms with Gasteiger partial charge in [-0.25, -0.2) is 0 Å². The number of hydrogen-bond acceptors (Lipinski definition) is 3. The fourth-order valence-corrected chi connectivity index (χ4v) is 3.03. The minimum Gasteiger partial charge on any atom is -0.376 e. The lowest BCUT2D eigenvalue weighted by molar-refractivity contribution is -0.135. The van der Waals surface area contributed by atoms with Crippen molar-refractivity contribution in [1.29, 1.82) is 0 Å². The summed E-state index contributed by atoms with van der Waals surface area (Å²) in [6.07, 6.45) is 3.35. The molecule has 1 saturated heterocycles. The van der Waals surface area contributed by atoms with Gasteiger partial charge in [-0.15, -0.1) is 0 Å². The molecule has 0 radical (unpaired) electrons. The molecule has 0 aromatic heterocycles. The summed E-state index contributed by atoms with van der Waals surface area (Å²) in [7, 11) is 0. The molecule has 1 fully saturated rings. The fourth-order valence-electron chi connectivity index (χ4n) is 3.03. The van der Waals surface area contributed by atoms with Crippen LogP contribution >= 0.6 is 0 Å². The summed E-state index contributed by atoms with van der Waals surface area (Å²) in [6, 6.07) is 7.90. The molecular formula is C17H24N2O2. The van der Waals surface area contributed by atoms with Crippen LogP contribution in [0.25, 0.3) is 0 Å². The lowest BCUT2D eigenvalue weighted by atomic mass is 9.97. The SMILES string of the molecule is CC(=O)c1cccc(NCC(=O)N2[C@H](C)CCC[C@H]2C)c1. The van der Waals surface area contributed by atoms with Crippen LogP contribution in [0.5, 0.6) is 0 Å². The van der Waals surface area contributed by atoms with Gasteiger partial charge in [0.1, 0.15) is 0 Å². The van der Waals surface area contributed by atoms with Crippen LogP contribution in [0.4, 0.5) is 5.69 Å². The van der Waals surface area contributed by atoms with Crippen molar-refractivity contribution in [3.8, 4) is 0 Å². The zero-order chi connectivity index (χ0) is 15.4. The smallest absolute Gasteiger partial charge is 0.242 e. The van der Waals surface area contributed by atoms with Crippen LogP contribution in [-0.4, -0.2) is 35.2 Å². The van der Waals surface area contributed by atoms with E-state index < -0.39 is 0 Å². The molecule has 4 heteroatoms. The van der Waals surface area contributed by atoms with E-state index >= 15 is 0 Å². The van der Waals surface area contributed by atoms with Crippen molar-refractivity contribution in [2.45, 2.75) is 52.1 Å². The third-order valence-corrected chi connectivity index (χ3v) is 4.19. The predicted molar refractivity (Wildman–Crippen MR) is 84.6 cm³/mol. The van der Waals surface area contributed by atoms with Crippen molar-refractivity contribution in [3.05, 3.63) is 29.8 Å². The Morgan fingerprint density at radius 3 is 2.52 bits per heavy atom. The minimum absolute atomic E-state index is 0.0308. The van der Waals surface area contributed by atoms with Gasteiger partial charge >= 0.3 is 0 Å². The number of likely N-dealkylation sites (tertiary alicyclic amines) is 1. The van der Waals surface area contributed by atoms with E-state index in [0.29, 0.717) is 17.6 Å². The van der Waals surface area contributed by atoms with Crippen molar-refractivity contribution in [1.82, 2.24) is 4.90 Å². The second kappa shape index (κ2) is 6.74. The Labute approximate surface area is 126 Å². The van der Waals surface area contributed by atoms with Crippen molar-refractivity contribution < 1.29 is 9.59 Å². The van der Waals surface area contributed by atoms with E-state index in [-0.39, 0.29) is 18.2 Å². The van der Waals surface area contributed by atoms with Crippen molar-refractivity contribution in [3.63, 3.8) is 0 Å². The number of hydrogen-bond donors (Lipinski definition) is 1. The topological polar surface area (TPSA) is 49.4 Å². The summed E-state index contributed by atoms with van der Waals surface area (Å²) in [4.78, 5) is 25.8. The number of rotatable bonds is 4. The molecule has 2 rings (SSSR count). The Morgan fingerprint density at radius 2 is 1.90 bits per heavy atom. The van der Waals surface area contributed by atoms with Crippen molar-refractivity contribution in [2.24, 2.45) is 0 Å². The number of Topliss-reactive ketones (excluding diaryl/α,β-unsaturated/α-hetero) is 1. The summed E-state index contributed by atoms with van der Waals surface area (Å²) in [5.41, 5.74) is 1.47. The van der Waals surface area contributed by atoms with E-state index in [2.05, 4.69) is 19.2 Å². The molecule has 2 atom stereocenters.